The van der Waals surface area contributed by atoms with Crippen LogP contribution in [0.3, 0.4) is 0 Å². The fraction of sp³-hybridized carbons (Fsp3) is 0.833. The summed E-state index contributed by atoms with van der Waals surface area (Å²) in [7, 11) is 0. The summed E-state index contributed by atoms with van der Waals surface area (Å²) >= 11 is 0. The summed E-state index contributed by atoms with van der Waals surface area (Å²) < 4.78 is 0. The molecule has 0 bridgehead atoms. The molecule has 0 radical (unpaired) electrons. The summed E-state index contributed by atoms with van der Waals surface area (Å²) in [5, 5.41) is 17.0. The maximum absolute atomic E-state index is 10.3. The maximum Gasteiger partial charge on any atom is 0.303 e. The van der Waals surface area contributed by atoms with E-state index >= 15 is 0 Å². The summed E-state index contributed by atoms with van der Waals surface area (Å²) in [5.41, 5.74) is 0. The molecule has 5 heteroatoms. The minimum Gasteiger partial charge on any atom is -0.481 e. The van der Waals surface area contributed by atoms with E-state index in [0.29, 0.717) is 12.8 Å². The zero-order chi connectivity index (χ0) is 29.8. The summed E-state index contributed by atoms with van der Waals surface area (Å²) in [6.45, 7) is 4.52. The molecule has 0 rings (SSSR count). The first kappa shape index (κ1) is 44.8. The maximum atomic E-state index is 10.3. The molecule has 0 aliphatic heterocycles. The van der Waals surface area contributed by atoms with E-state index in [1.54, 1.807) is 0 Å². The molecule has 0 unspecified atom stereocenters. The molecule has 0 saturated carbocycles. The molecule has 0 aromatic heterocycles. The van der Waals surface area contributed by atoms with Crippen LogP contribution in [0.4, 0.5) is 0 Å². The number of aliphatic carboxylic acids is 2. The number of hydrogen-bond acceptors (Lipinski definition) is 2. The van der Waals surface area contributed by atoms with Gasteiger partial charge in [-0.05, 0) is 64.2 Å². The number of hydrogen-bond donors (Lipinski definition) is 2. The molecule has 0 amide bonds. The van der Waals surface area contributed by atoms with Crippen LogP contribution in [0.1, 0.15) is 194 Å². The average molecular weight is 677 g/mol. The van der Waals surface area contributed by atoms with Crippen LogP contribution >= 0.6 is 0 Å². The van der Waals surface area contributed by atoms with Crippen LogP contribution in [0.2, 0.25) is 0 Å². The monoisotopic (exact) mass is 678 g/mol. The number of carboxylic acids is 2. The molecule has 0 heterocycles. The van der Waals surface area contributed by atoms with Gasteiger partial charge >= 0.3 is 11.9 Å². The predicted octanol–water partition coefficient (Wildman–Crippen LogP) is 12.2. The Labute approximate surface area is 275 Å². The Balaban J connectivity index is -0.000000688. The second kappa shape index (κ2) is 41.5. The fourth-order valence-corrected chi connectivity index (χ4v) is 4.69. The van der Waals surface area contributed by atoms with E-state index in [2.05, 4.69) is 38.2 Å². The fourth-order valence-electron chi connectivity index (χ4n) is 4.69. The van der Waals surface area contributed by atoms with E-state index < -0.39 is 11.9 Å². The van der Waals surface area contributed by atoms with Gasteiger partial charge in [0.15, 0.2) is 0 Å². The van der Waals surface area contributed by atoms with Gasteiger partial charge < -0.3 is 10.2 Å². The van der Waals surface area contributed by atoms with Crippen molar-refractivity contribution in [3.8, 4) is 0 Å². The molecule has 0 aromatic carbocycles. The average Bonchev–Trinajstić information content (AvgIpc) is 2.93. The van der Waals surface area contributed by atoms with Crippen LogP contribution < -0.4 is 0 Å². The van der Waals surface area contributed by atoms with Crippen molar-refractivity contribution in [3.05, 3.63) is 24.3 Å². The van der Waals surface area contributed by atoms with E-state index in [4.69, 9.17) is 10.2 Å². The van der Waals surface area contributed by atoms with Crippen LogP contribution in [0, 0.1) is 0 Å². The van der Waals surface area contributed by atoms with Crippen LogP contribution in [0.15, 0.2) is 24.3 Å². The van der Waals surface area contributed by atoms with Crippen molar-refractivity contribution >= 4 is 11.9 Å². The number of rotatable bonds is 30. The van der Waals surface area contributed by atoms with E-state index in [1.165, 1.54) is 141 Å². The third-order valence-electron chi connectivity index (χ3n) is 7.30. The Morgan fingerprint density at radius 3 is 0.854 bits per heavy atom. The predicted molar refractivity (Wildman–Crippen MR) is 174 cm³/mol. The summed E-state index contributed by atoms with van der Waals surface area (Å²) in [5.74, 6) is -1.33. The third kappa shape index (κ3) is 49.3. The molecule has 2 N–H and O–H groups in total. The SMILES string of the molecule is CCCCCCCC/C=C\CCCCCCCC(=O)O.CCCCCCCC/C=C\CCCCCCCC(=O)O.[Cd]. The van der Waals surface area contributed by atoms with Gasteiger partial charge in [-0.3, -0.25) is 9.59 Å². The Bertz CT molecular complexity index is 524. The number of carbonyl (C=O) groups is 2. The largest absolute Gasteiger partial charge is 0.481 e. The number of carboxylic acid groups (broad SMARTS) is 2. The smallest absolute Gasteiger partial charge is 0.303 e. The molecule has 0 atom stereocenters. The van der Waals surface area contributed by atoms with Crippen LogP contribution in [0.25, 0.3) is 0 Å². The number of allylic oxidation sites excluding steroid dienone is 4. The van der Waals surface area contributed by atoms with Crippen molar-refractivity contribution in [2.45, 2.75) is 194 Å². The van der Waals surface area contributed by atoms with E-state index in [9.17, 15) is 9.59 Å². The Morgan fingerprint density at radius 2 is 0.610 bits per heavy atom. The van der Waals surface area contributed by atoms with E-state index in [1.807, 2.05) is 0 Å². The summed E-state index contributed by atoms with van der Waals surface area (Å²) in [6, 6.07) is 0. The minimum absolute atomic E-state index is 0. The van der Waals surface area contributed by atoms with Crippen molar-refractivity contribution in [3.63, 3.8) is 0 Å². The first-order valence-electron chi connectivity index (χ1n) is 17.3. The molecular formula is C36H68CdO4. The molecular weight excluding hydrogens is 609 g/mol. The Morgan fingerprint density at radius 1 is 0.390 bits per heavy atom. The number of unbranched alkanes of at least 4 members (excludes halogenated alkanes) is 22. The Kier molecular flexibility index (Phi) is 45.3. The molecule has 41 heavy (non-hydrogen) atoms. The Hall–Kier alpha value is -0.658. The van der Waals surface area contributed by atoms with Crippen molar-refractivity contribution in [2.24, 2.45) is 0 Å². The van der Waals surface area contributed by atoms with E-state index in [-0.39, 0.29) is 27.3 Å². The molecule has 0 aliphatic rings. The van der Waals surface area contributed by atoms with Crippen molar-refractivity contribution in [1.82, 2.24) is 0 Å². The van der Waals surface area contributed by atoms with Crippen LogP contribution in [0.5, 0.6) is 0 Å². The standard InChI is InChI=1S/2C18H34O2.Cd/c2*1-2-3-4-5-6-7-8-9-10-11-12-13-14-15-16-17-18(19)20;/h2*9-10H,2-8,11-17H2,1H3,(H,19,20);/b2*10-9-;. The van der Waals surface area contributed by atoms with E-state index in [0.717, 1.165) is 25.7 Å². The van der Waals surface area contributed by atoms with Gasteiger partial charge in [0, 0.05) is 40.1 Å². The van der Waals surface area contributed by atoms with Gasteiger partial charge in [0.25, 0.3) is 0 Å². The topological polar surface area (TPSA) is 74.6 Å². The zero-order valence-electron chi connectivity index (χ0n) is 27.5. The summed E-state index contributed by atoms with van der Waals surface area (Å²) in [4.78, 5) is 20.6. The molecule has 4 nitrogen and oxygen atoms in total. The molecule has 0 aliphatic carbocycles. The van der Waals surface area contributed by atoms with Gasteiger partial charge in [0.1, 0.15) is 0 Å². The minimum atomic E-state index is -0.664. The second-order valence-corrected chi connectivity index (χ2v) is 11.5. The van der Waals surface area contributed by atoms with Gasteiger partial charge in [-0.15, -0.1) is 0 Å². The van der Waals surface area contributed by atoms with Crippen LogP contribution in [-0.2, 0) is 36.9 Å². The normalized spacial score (nSPS) is 11.0. The van der Waals surface area contributed by atoms with Crippen LogP contribution in [-0.4, -0.2) is 22.2 Å². The van der Waals surface area contributed by atoms with Gasteiger partial charge in [-0.1, -0.05) is 141 Å². The second-order valence-electron chi connectivity index (χ2n) is 11.5. The molecule has 238 valence electrons. The van der Waals surface area contributed by atoms with Gasteiger partial charge in [-0.25, -0.2) is 0 Å². The van der Waals surface area contributed by atoms with Gasteiger partial charge in [-0.2, -0.15) is 0 Å². The van der Waals surface area contributed by atoms with Crippen molar-refractivity contribution < 1.29 is 47.1 Å². The summed E-state index contributed by atoms with van der Waals surface area (Å²) in [6.07, 6.45) is 42.5. The first-order valence-corrected chi connectivity index (χ1v) is 17.3. The molecule has 0 saturated heterocycles. The zero-order valence-corrected chi connectivity index (χ0v) is 31.6. The van der Waals surface area contributed by atoms with Gasteiger partial charge in [0.05, 0.1) is 0 Å². The third-order valence-corrected chi connectivity index (χ3v) is 7.30. The quantitative estimate of drug-likeness (QED) is 0.0451. The van der Waals surface area contributed by atoms with Gasteiger partial charge in [0.2, 0.25) is 0 Å². The van der Waals surface area contributed by atoms with Crippen molar-refractivity contribution in [2.75, 3.05) is 0 Å². The molecule has 0 aromatic rings. The molecule has 0 fully saturated rings. The molecule has 0 spiro atoms. The first-order chi connectivity index (χ1) is 19.5. The van der Waals surface area contributed by atoms with Crippen molar-refractivity contribution in [1.29, 1.82) is 0 Å².